The zero-order valence-electron chi connectivity index (χ0n) is 16.9. The smallest absolute Gasteiger partial charge is 0.357 e. The van der Waals surface area contributed by atoms with Crippen molar-refractivity contribution in [1.82, 2.24) is 15.0 Å². The fourth-order valence-electron chi connectivity index (χ4n) is 3.02. The van der Waals surface area contributed by atoms with Crippen LogP contribution in [-0.4, -0.2) is 28.2 Å². The van der Waals surface area contributed by atoms with Crippen molar-refractivity contribution in [1.29, 1.82) is 0 Å². The predicted molar refractivity (Wildman–Crippen MR) is 119 cm³/mol. The van der Waals surface area contributed by atoms with Crippen molar-refractivity contribution < 1.29 is 13.2 Å². The van der Waals surface area contributed by atoms with Crippen molar-refractivity contribution in [3.8, 4) is 0 Å². The molecule has 10 heteroatoms. The van der Waals surface area contributed by atoms with E-state index in [4.69, 9.17) is 0 Å². The number of nitrogens with one attached hydrogen (secondary N) is 3. The van der Waals surface area contributed by atoms with E-state index >= 15 is 0 Å². The van der Waals surface area contributed by atoms with E-state index in [1.807, 2.05) is 42.5 Å². The predicted octanol–water partition coefficient (Wildman–Crippen LogP) is 5.27. The number of aromatic nitrogens is 3. The van der Waals surface area contributed by atoms with Gasteiger partial charge >= 0.3 is 6.18 Å². The topological polar surface area (TPSA) is 87.1 Å². The van der Waals surface area contributed by atoms with Crippen molar-refractivity contribution in [2.75, 3.05) is 23.1 Å². The van der Waals surface area contributed by atoms with Gasteiger partial charge < -0.3 is 10.6 Å². The first kappa shape index (κ1) is 21.0. The second-order valence-corrected chi connectivity index (χ2v) is 6.70. The Bertz CT molecular complexity index is 1270. The largest absolute Gasteiger partial charge is 0.416 e. The molecule has 0 bridgehead atoms. The summed E-state index contributed by atoms with van der Waals surface area (Å²) in [6, 6.07) is 18.6. The molecule has 3 aromatic carbocycles. The lowest BCUT2D eigenvalue weighted by Crippen LogP contribution is -2.08. The summed E-state index contributed by atoms with van der Waals surface area (Å²) in [5, 5.41) is 11.9. The lowest BCUT2D eigenvalue weighted by Gasteiger charge is -2.11. The number of fused-ring (bicyclic) bond motifs is 1. The van der Waals surface area contributed by atoms with Gasteiger partial charge in [-0.3, -0.25) is 0 Å². The second-order valence-electron chi connectivity index (χ2n) is 6.70. The van der Waals surface area contributed by atoms with Crippen LogP contribution in [0.2, 0.25) is 0 Å². The molecule has 0 atom stereocenters. The highest BCUT2D eigenvalue weighted by Gasteiger charge is 2.30. The number of halogens is 3. The van der Waals surface area contributed by atoms with E-state index in [0.29, 0.717) is 0 Å². The van der Waals surface area contributed by atoms with Gasteiger partial charge in [-0.25, -0.2) is 5.43 Å². The van der Waals surface area contributed by atoms with Crippen LogP contribution in [0.5, 0.6) is 0 Å². The monoisotopic (exact) mass is 437 g/mol. The third kappa shape index (κ3) is 4.91. The first-order valence-electron chi connectivity index (χ1n) is 9.57. The molecule has 0 saturated carbocycles. The van der Waals surface area contributed by atoms with Gasteiger partial charge in [-0.15, -0.1) is 0 Å². The van der Waals surface area contributed by atoms with Gasteiger partial charge in [0, 0.05) is 18.3 Å². The van der Waals surface area contributed by atoms with Crippen molar-refractivity contribution >= 4 is 40.5 Å². The maximum atomic E-state index is 13.0. The quantitative estimate of drug-likeness (QED) is 0.281. The van der Waals surface area contributed by atoms with Crippen LogP contribution in [0.3, 0.4) is 0 Å². The number of nitrogens with zero attached hydrogens (tertiary/aromatic N) is 4. The van der Waals surface area contributed by atoms with Crippen molar-refractivity contribution in [2.45, 2.75) is 6.18 Å². The first-order chi connectivity index (χ1) is 15.4. The molecule has 0 amide bonds. The molecule has 4 rings (SSSR count). The molecule has 3 N–H and O–H groups in total. The average Bonchev–Trinajstić information content (AvgIpc) is 2.79. The summed E-state index contributed by atoms with van der Waals surface area (Å²) < 4.78 is 38.9. The van der Waals surface area contributed by atoms with E-state index in [2.05, 4.69) is 36.1 Å². The highest BCUT2D eigenvalue weighted by atomic mass is 19.4. The number of rotatable bonds is 6. The van der Waals surface area contributed by atoms with Gasteiger partial charge in [0.25, 0.3) is 0 Å². The highest BCUT2D eigenvalue weighted by Crippen LogP contribution is 2.31. The zero-order valence-corrected chi connectivity index (χ0v) is 16.9. The maximum Gasteiger partial charge on any atom is 0.416 e. The molecule has 0 spiro atoms. The molecule has 0 aliphatic heterocycles. The van der Waals surface area contributed by atoms with Gasteiger partial charge in [0.15, 0.2) is 0 Å². The molecular weight excluding hydrogens is 419 g/mol. The molecule has 0 aliphatic rings. The number of hydrogen-bond donors (Lipinski definition) is 3. The maximum absolute atomic E-state index is 13.0. The lowest BCUT2D eigenvalue weighted by molar-refractivity contribution is -0.137. The summed E-state index contributed by atoms with van der Waals surface area (Å²) in [4.78, 5) is 12.5. The molecule has 0 unspecified atom stereocenters. The molecule has 0 aliphatic carbocycles. The molecular formula is C22H18F3N7. The Morgan fingerprint density at radius 3 is 2.38 bits per heavy atom. The SMILES string of the molecule is CNc1nc(N/N=C\c2cccc3ccccc23)nc(Nc2cccc(C(F)(F)F)c2)n1. The van der Waals surface area contributed by atoms with Crippen LogP contribution in [0.15, 0.2) is 71.8 Å². The van der Waals surface area contributed by atoms with Crippen molar-refractivity contribution in [3.63, 3.8) is 0 Å². The van der Waals surface area contributed by atoms with Crippen LogP contribution in [0.25, 0.3) is 10.8 Å². The van der Waals surface area contributed by atoms with E-state index in [9.17, 15) is 13.2 Å². The fraction of sp³-hybridized carbons (Fsp3) is 0.0909. The van der Waals surface area contributed by atoms with E-state index in [-0.39, 0.29) is 23.5 Å². The zero-order chi connectivity index (χ0) is 22.6. The normalized spacial score (nSPS) is 11.6. The van der Waals surface area contributed by atoms with E-state index < -0.39 is 11.7 Å². The molecule has 0 saturated heterocycles. The van der Waals surface area contributed by atoms with Gasteiger partial charge in [0.05, 0.1) is 11.8 Å². The summed E-state index contributed by atoms with van der Waals surface area (Å²) in [5.41, 5.74) is 3.06. The van der Waals surface area contributed by atoms with E-state index in [1.165, 1.54) is 12.1 Å². The Labute approximate surface area is 181 Å². The van der Waals surface area contributed by atoms with Crippen LogP contribution in [0.4, 0.5) is 36.7 Å². The van der Waals surface area contributed by atoms with Gasteiger partial charge in [0.1, 0.15) is 0 Å². The molecule has 162 valence electrons. The summed E-state index contributed by atoms with van der Waals surface area (Å²) >= 11 is 0. The minimum atomic E-state index is -4.45. The molecule has 0 fully saturated rings. The van der Waals surface area contributed by atoms with Crippen LogP contribution in [0, 0.1) is 0 Å². The summed E-state index contributed by atoms with van der Waals surface area (Å²) in [6.45, 7) is 0. The number of hydrogen-bond acceptors (Lipinski definition) is 7. The second kappa shape index (κ2) is 8.88. The van der Waals surface area contributed by atoms with Crippen LogP contribution in [-0.2, 0) is 6.18 Å². The lowest BCUT2D eigenvalue weighted by atomic mass is 10.1. The summed E-state index contributed by atoms with van der Waals surface area (Å²) in [6.07, 6.45) is -2.80. The highest BCUT2D eigenvalue weighted by molar-refractivity contribution is 5.99. The van der Waals surface area contributed by atoms with Crippen LogP contribution < -0.4 is 16.1 Å². The molecule has 1 heterocycles. The van der Waals surface area contributed by atoms with E-state index in [0.717, 1.165) is 28.5 Å². The van der Waals surface area contributed by atoms with Gasteiger partial charge in [-0.05, 0) is 29.0 Å². The fourth-order valence-corrected chi connectivity index (χ4v) is 3.02. The Balaban J connectivity index is 1.55. The summed E-state index contributed by atoms with van der Waals surface area (Å²) in [7, 11) is 1.62. The molecule has 0 radical (unpaired) electrons. The Morgan fingerprint density at radius 1 is 0.844 bits per heavy atom. The standard InChI is InChI=1S/C22H18F3N7/c1-26-19-29-20(28-17-10-5-9-16(12-17)22(23,24)25)31-21(30-19)32-27-13-15-8-4-7-14-6-2-3-11-18(14)15/h2-13H,1H3,(H3,26,28,29,30,31,32)/b27-13-. The Hall–Kier alpha value is -4.21. The molecule has 7 nitrogen and oxygen atoms in total. The van der Waals surface area contributed by atoms with E-state index in [1.54, 1.807) is 13.3 Å². The number of alkyl halides is 3. The Kier molecular flexibility index (Phi) is 5.84. The minimum absolute atomic E-state index is 0.0616. The number of anilines is 4. The third-order valence-electron chi connectivity index (χ3n) is 4.50. The van der Waals surface area contributed by atoms with Gasteiger partial charge in [-0.2, -0.15) is 33.2 Å². The number of hydrazone groups is 1. The van der Waals surface area contributed by atoms with Gasteiger partial charge in [-0.1, -0.05) is 48.5 Å². The first-order valence-corrected chi connectivity index (χ1v) is 9.57. The van der Waals surface area contributed by atoms with Gasteiger partial charge in [0.2, 0.25) is 17.8 Å². The molecule has 1 aromatic heterocycles. The minimum Gasteiger partial charge on any atom is -0.357 e. The van der Waals surface area contributed by atoms with Crippen molar-refractivity contribution in [2.24, 2.45) is 5.10 Å². The average molecular weight is 437 g/mol. The summed E-state index contributed by atoms with van der Waals surface area (Å²) in [5.74, 6) is 0.402. The van der Waals surface area contributed by atoms with Crippen LogP contribution in [0.1, 0.15) is 11.1 Å². The molecule has 32 heavy (non-hydrogen) atoms. The van der Waals surface area contributed by atoms with Crippen LogP contribution >= 0.6 is 0 Å². The number of benzene rings is 3. The van der Waals surface area contributed by atoms with Crippen molar-refractivity contribution in [3.05, 3.63) is 77.9 Å². The molecule has 4 aromatic rings. The Morgan fingerprint density at radius 2 is 1.56 bits per heavy atom. The third-order valence-corrected chi connectivity index (χ3v) is 4.50.